The number of rotatable bonds is 5. The third kappa shape index (κ3) is 4.09. The molecule has 2 heterocycles. The molecular weight excluding hydrogens is 282 g/mol. The van der Waals surface area contributed by atoms with E-state index in [9.17, 15) is 4.79 Å². The Kier molecular flexibility index (Phi) is 5.57. The summed E-state index contributed by atoms with van der Waals surface area (Å²) in [6.07, 6.45) is 1.55. The molecule has 1 saturated heterocycles. The number of carbonyl (C=O) groups excluding carboxylic acids is 1. The Labute approximate surface area is 131 Å². The molecule has 7 heteroatoms. The summed E-state index contributed by atoms with van der Waals surface area (Å²) in [5.41, 5.74) is 0. The van der Waals surface area contributed by atoms with Crippen molar-refractivity contribution < 1.29 is 9.53 Å². The smallest absolute Gasteiger partial charge is 0.409 e. The zero-order valence-corrected chi connectivity index (χ0v) is 13.2. The van der Waals surface area contributed by atoms with Crippen LogP contribution in [-0.2, 0) is 4.74 Å². The minimum absolute atomic E-state index is 0.241. The van der Waals surface area contributed by atoms with Gasteiger partial charge >= 0.3 is 6.09 Å². The van der Waals surface area contributed by atoms with Crippen LogP contribution in [0, 0.1) is 6.92 Å². The number of hydrogen-bond acceptors (Lipinski definition) is 6. The standard InChI is InChI=1S/C15H23N5O2/c1-4-6-16-13-11-14(18-12(3)17-13)19-7-9-20(10-8-19)15(21)22-5-2/h4,11H,1,5-10H2,2-3H3,(H,16,17,18). The van der Waals surface area contributed by atoms with Gasteiger partial charge in [-0.05, 0) is 13.8 Å². The van der Waals surface area contributed by atoms with Crippen LogP contribution < -0.4 is 10.2 Å². The first-order valence-corrected chi connectivity index (χ1v) is 7.51. The Morgan fingerprint density at radius 2 is 2.14 bits per heavy atom. The van der Waals surface area contributed by atoms with Crippen molar-refractivity contribution in [1.82, 2.24) is 14.9 Å². The maximum atomic E-state index is 11.7. The molecule has 1 aliphatic rings. The molecule has 120 valence electrons. The monoisotopic (exact) mass is 305 g/mol. The molecule has 1 fully saturated rings. The number of anilines is 2. The fraction of sp³-hybridized carbons (Fsp3) is 0.533. The maximum Gasteiger partial charge on any atom is 0.409 e. The SMILES string of the molecule is C=CCNc1cc(N2CCN(C(=O)OCC)CC2)nc(C)n1. The van der Waals surface area contributed by atoms with Crippen LogP contribution in [0.4, 0.5) is 16.4 Å². The van der Waals surface area contributed by atoms with Crippen LogP contribution in [0.15, 0.2) is 18.7 Å². The van der Waals surface area contributed by atoms with E-state index in [0.29, 0.717) is 26.2 Å². The summed E-state index contributed by atoms with van der Waals surface area (Å²) in [6, 6.07) is 1.93. The highest BCUT2D eigenvalue weighted by Crippen LogP contribution is 2.18. The van der Waals surface area contributed by atoms with Crippen molar-refractivity contribution in [2.75, 3.05) is 49.5 Å². The van der Waals surface area contributed by atoms with Gasteiger partial charge in [0.2, 0.25) is 0 Å². The summed E-state index contributed by atoms with van der Waals surface area (Å²) < 4.78 is 5.03. The predicted molar refractivity (Wildman–Crippen MR) is 86.3 cm³/mol. The first kappa shape index (κ1) is 16.1. The minimum atomic E-state index is -0.241. The van der Waals surface area contributed by atoms with Crippen molar-refractivity contribution in [3.8, 4) is 0 Å². The van der Waals surface area contributed by atoms with Crippen LogP contribution >= 0.6 is 0 Å². The number of amides is 1. The highest BCUT2D eigenvalue weighted by Gasteiger charge is 2.23. The highest BCUT2D eigenvalue weighted by molar-refractivity contribution is 5.68. The first-order chi connectivity index (χ1) is 10.6. The fourth-order valence-electron chi connectivity index (χ4n) is 2.31. The van der Waals surface area contributed by atoms with Crippen LogP contribution in [0.25, 0.3) is 0 Å². The lowest BCUT2D eigenvalue weighted by molar-refractivity contribution is 0.105. The van der Waals surface area contributed by atoms with Gasteiger partial charge in [-0.1, -0.05) is 6.08 Å². The summed E-state index contributed by atoms with van der Waals surface area (Å²) in [7, 11) is 0. The minimum Gasteiger partial charge on any atom is -0.450 e. The van der Waals surface area contributed by atoms with Gasteiger partial charge in [-0.25, -0.2) is 14.8 Å². The molecule has 1 aliphatic heterocycles. The molecule has 1 N–H and O–H groups in total. The molecule has 0 aromatic carbocycles. The molecular formula is C15H23N5O2. The second-order valence-corrected chi connectivity index (χ2v) is 5.00. The van der Waals surface area contributed by atoms with Crippen LogP contribution in [0.5, 0.6) is 0 Å². The van der Waals surface area contributed by atoms with Gasteiger partial charge < -0.3 is 19.9 Å². The largest absolute Gasteiger partial charge is 0.450 e. The maximum absolute atomic E-state index is 11.7. The average molecular weight is 305 g/mol. The molecule has 0 bridgehead atoms. The fourth-order valence-corrected chi connectivity index (χ4v) is 2.31. The van der Waals surface area contributed by atoms with Gasteiger partial charge in [-0.2, -0.15) is 0 Å². The molecule has 1 aromatic heterocycles. The summed E-state index contributed by atoms with van der Waals surface area (Å²) in [5, 5.41) is 3.18. The second kappa shape index (κ2) is 7.63. The van der Waals surface area contributed by atoms with Crippen molar-refractivity contribution in [3.05, 3.63) is 24.5 Å². The molecule has 0 atom stereocenters. The van der Waals surface area contributed by atoms with Gasteiger partial charge in [0.1, 0.15) is 17.5 Å². The van der Waals surface area contributed by atoms with E-state index in [1.54, 1.807) is 11.0 Å². The van der Waals surface area contributed by atoms with Crippen LogP contribution in [0.3, 0.4) is 0 Å². The number of aryl methyl sites for hydroxylation is 1. The van der Waals surface area contributed by atoms with Crippen molar-refractivity contribution in [3.63, 3.8) is 0 Å². The lowest BCUT2D eigenvalue weighted by atomic mass is 10.3. The van der Waals surface area contributed by atoms with E-state index in [2.05, 4.69) is 26.8 Å². The van der Waals surface area contributed by atoms with Gasteiger partial charge in [0.05, 0.1) is 6.61 Å². The second-order valence-electron chi connectivity index (χ2n) is 5.00. The van der Waals surface area contributed by atoms with Gasteiger partial charge in [-0.3, -0.25) is 0 Å². The Morgan fingerprint density at radius 1 is 1.41 bits per heavy atom. The lowest BCUT2D eigenvalue weighted by Crippen LogP contribution is -2.49. The summed E-state index contributed by atoms with van der Waals surface area (Å²) in [5.74, 6) is 2.38. The van der Waals surface area contributed by atoms with Crippen molar-refractivity contribution >= 4 is 17.7 Å². The third-order valence-electron chi connectivity index (χ3n) is 3.38. The predicted octanol–water partition coefficient (Wildman–Crippen LogP) is 1.66. The van der Waals surface area contributed by atoms with Gasteiger partial charge in [0.15, 0.2) is 0 Å². The van der Waals surface area contributed by atoms with Crippen molar-refractivity contribution in [1.29, 1.82) is 0 Å². The zero-order chi connectivity index (χ0) is 15.9. The number of hydrogen-bond donors (Lipinski definition) is 1. The normalized spacial score (nSPS) is 14.6. The molecule has 1 amide bonds. The van der Waals surface area contributed by atoms with Gasteiger partial charge in [0, 0.05) is 38.8 Å². The quantitative estimate of drug-likeness (QED) is 0.834. The lowest BCUT2D eigenvalue weighted by Gasteiger charge is -2.34. The molecule has 0 aliphatic carbocycles. The van der Waals surface area contributed by atoms with Crippen LogP contribution in [0.2, 0.25) is 0 Å². The molecule has 2 rings (SSSR count). The van der Waals surface area contributed by atoms with E-state index in [1.165, 1.54) is 0 Å². The first-order valence-electron chi connectivity index (χ1n) is 7.51. The van der Waals surface area contributed by atoms with E-state index < -0.39 is 0 Å². The number of carbonyl (C=O) groups is 1. The summed E-state index contributed by atoms with van der Waals surface area (Å²) in [4.78, 5) is 24.4. The van der Waals surface area contributed by atoms with E-state index in [0.717, 1.165) is 30.5 Å². The number of ether oxygens (including phenoxy) is 1. The molecule has 0 radical (unpaired) electrons. The zero-order valence-electron chi connectivity index (χ0n) is 13.2. The molecule has 1 aromatic rings. The van der Waals surface area contributed by atoms with E-state index >= 15 is 0 Å². The Hall–Kier alpha value is -2.31. The number of piperazine rings is 1. The molecule has 22 heavy (non-hydrogen) atoms. The average Bonchev–Trinajstić information content (AvgIpc) is 2.53. The molecule has 0 unspecified atom stereocenters. The van der Waals surface area contributed by atoms with Crippen molar-refractivity contribution in [2.45, 2.75) is 13.8 Å². The van der Waals surface area contributed by atoms with Gasteiger partial charge in [-0.15, -0.1) is 6.58 Å². The number of nitrogens with zero attached hydrogens (tertiary/aromatic N) is 4. The Balaban J connectivity index is 2.00. The molecule has 7 nitrogen and oxygen atoms in total. The van der Waals surface area contributed by atoms with Gasteiger partial charge in [0.25, 0.3) is 0 Å². The Bertz CT molecular complexity index is 527. The molecule has 0 saturated carbocycles. The van der Waals surface area contributed by atoms with Crippen LogP contribution in [-0.4, -0.2) is 60.3 Å². The number of nitrogens with one attached hydrogen (secondary N) is 1. The van der Waals surface area contributed by atoms with E-state index in [-0.39, 0.29) is 6.09 Å². The molecule has 0 spiro atoms. The van der Waals surface area contributed by atoms with E-state index in [1.807, 2.05) is 19.9 Å². The van der Waals surface area contributed by atoms with Crippen molar-refractivity contribution in [2.24, 2.45) is 0 Å². The van der Waals surface area contributed by atoms with E-state index in [4.69, 9.17) is 4.74 Å². The summed E-state index contributed by atoms with van der Waals surface area (Å²) >= 11 is 0. The highest BCUT2D eigenvalue weighted by atomic mass is 16.6. The van der Waals surface area contributed by atoms with Crippen LogP contribution in [0.1, 0.15) is 12.7 Å². The summed E-state index contributed by atoms with van der Waals surface area (Å²) in [6.45, 7) is 11.2. The third-order valence-corrected chi connectivity index (χ3v) is 3.38. The number of aromatic nitrogens is 2. The topological polar surface area (TPSA) is 70.6 Å². The Morgan fingerprint density at radius 3 is 2.77 bits per heavy atom.